The molecule has 4 aromatic carbocycles. The van der Waals surface area contributed by atoms with Crippen LogP contribution in [0, 0.1) is 17.8 Å². The van der Waals surface area contributed by atoms with Gasteiger partial charge >= 0.3 is 0 Å². The average molecular weight is 643 g/mol. The highest BCUT2D eigenvalue weighted by Gasteiger charge is 2.40. The van der Waals surface area contributed by atoms with E-state index in [1.165, 1.54) is 0 Å². The highest BCUT2D eigenvalue weighted by Crippen LogP contribution is 2.39. The second-order valence-electron chi connectivity index (χ2n) is 12.7. The van der Waals surface area contributed by atoms with E-state index in [1.807, 2.05) is 104 Å². The third-order valence-corrected chi connectivity index (χ3v) is 9.30. The summed E-state index contributed by atoms with van der Waals surface area (Å²) in [6.07, 6.45) is 2.65. The first-order chi connectivity index (χ1) is 23.4. The van der Waals surface area contributed by atoms with Gasteiger partial charge in [0.1, 0.15) is 5.75 Å². The number of carbonyl (C=O) groups excluding carboxylic acids is 3. The Morgan fingerprint density at radius 1 is 0.896 bits per heavy atom. The van der Waals surface area contributed by atoms with Crippen LogP contribution < -0.4 is 20.7 Å². The third kappa shape index (κ3) is 7.33. The minimum atomic E-state index is -1.21. The Kier molecular flexibility index (Phi) is 9.99. The van der Waals surface area contributed by atoms with Crippen LogP contribution in [0.5, 0.6) is 5.75 Å². The lowest BCUT2D eigenvalue weighted by Crippen LogP contribution is -2.50. The van der Waals surface area contributed by atoms with Crippen molar-refractivity contribution in [2.24, 2.45) is 28.5 Å². The van der Waals surface area contributed by atoms with Gasteiger partial charge in [-0.25, -0.2) is 4.99 Å². The van der Waals surface area contributed by atoms with Crippen LogP contribution in [0.25, 0.3) is 11.1 Å². The van der Waals surface area contributed by atoms with Gasteiger partial charge in [-0.2, -0.15) is 0 Å². The second kappa shape index (κ2) is 14.7. The number of benzodiazepines with no additional fused rings is 1. The van der Waals surface area contributed by atoms with E-state index in [2.05, 4.69) is 11.4 Å². The number of hydrogen-bond acceptors (Lipinski definition) is 5. The number of hydrogen-bond donors (Lipinski definition) is 2. The van der Waals surface area contributed by atoms with Crippen molar-refractivity contribution in [1.29, 1.82) is 0 Å². The monoisotopic (exact) mass is 642 g/mol. The van der Waals surface area contributed by atoms with Crippen molar-refractivity contribution in [3.8, 4) is 16.9 Å². The Morgan fingerprint density at radius 2 is 1.60 bits per heavy atom. The van der Waals surface area contributed by atoms with E-state index in [-0.39, 0.29) is 18.4 Å². The topological polar surface area (TPSA) is 114 Å². The summed E-state index contributed by atoms with van der Waals surface area (Å²) in [7, 11) is 1.64. The maximum Gasteiger partial charge on any atom is 0.272 e. The minimum Gasteiger partial charge on any atom is -0.497 e. The summed E-state index contributed by atoms with van der Waals surface area (Å²) in [6.45, 7) is 2.24. The van der Waals surface area contributed by atoms with Crippen molar-refractivity contribution in [3.63, 3.8) is 0 Å². The van der Waals surface area contributed by atoms with Crippen molar-refractivity contribution in [3.05, 3.63) is 120 Å². The quantitative estimate of drug-likeness (QED) is 0.173. The molecule has 1 aliphatic carbocycles. The summed E-state index contributed by atoms with van der Waals surface area (Å²) in [6, 6.07) is 33.3. The van der Waals surface area contributed by atoms with Crippen molar-refractivity contribution in [2.45, 2.75) is 51.7 Å². The Balaban J connectivity index is 1.38. The van der Waals surface area contributed by atoms with E-state index >= 15 is 0 Å². The molecule has 0 saturated heterocycles. The van der Waals surface area contributed by atoms with E-state index in [0.717, 1.165) is 52.8 Å². The summed E-state index contributed by atoms with van der Waals surface area (Å²) in [5.74, 6) is -1.27. The van der Waals surface area contributed by atoms with Crippen molar-refractivity contribution in [2.75, 3.05) is 12.0 Å². The van der Waals surface area contributed by atoms with Crippen LogP contribution in [0.15, 0.2) is 108 Å². The molecule has 0 radical (unpaired) electrons. The molecule has 3 atom stereocenters. The zero-order chi connectivity index (χ0) is 33.6. The number of carbonyl (C=O) groups is 3. The summed E-state index contributed by atoms with van der Waals surface area (Å²) in [5, 5.41) is 3.00. The summed E-state index contributed by atoms with van der Waals surface area (Å²) in [5.41, 5.74) is 11.7. The number of primary amides is 1. The lowest BCUT2D eigenvalue weighted by atomic mass is 9.83. The van der Waals surface area contributed by atoms with Gasteiger partial charge in [-0.1, -0.05) is 105 Å². The predicted molar refractivity (Wildman–Crippen MR) is 188 cm³/mol. The highest BCUT2D eigenvalue weighted by atomic mass is 16.5. The molecule has 2 aliphatic rings. The number of nitrogens with zero attached hydrogens (tertiary/aromatic N) is 2. The van der Waals surface area contributed by atoms with Crippen molar-refractivity contribution >= 4 is 29.1 Å². The molecule has 4 aromatic rings. The molecular weight excluding hydrogens is 600 g/mol. The molecule has 1 heterocycles. The van der Waals surface area contributed by atoms with Crippen LogP contribution in [-0.2, 0) is 20.9 Å². The first-order valence-electron chi connectivity index (χ1n) is 16.7. The number of nitrogens with two attached hydrogens (primary N) is 1. The van der Waals surface area contributed by atoms with E-state index in [1.54, 1.807) is 12.0 Å². The summed E-state index contributed by atoms with van der Waals surface area (Å²) < 4.78 is 5.33. The SMILES string of the molecule is CCC[C@H](C(N)=O)[C@@H](CC1CC1)C(=O)NC1N=C(c2ccccc2)c2ccccc2N(Cc2cccc(-c3ccc(OC)cc3)c2)C1=O. The van der Waals surface area contributed by atoms with Crippen LogP contribution >= 0.6 is 0 Å². The number of methoxy groups -OCH3 is 1. The number of aliphatic imine (C=N–C) groups is 1. The average Bonchev–Trinajstić information content (AvgIpc) is 3.95. The van der Waals surface area contributed by atoms with Crippen LogP contribution in [-0.4, -0.2) is 36.7 Å². The van der Waals surface area contributed by atoms with Gasteiger partial charge in [0.25, 0.3) is 5.91 Å². The minimum absolute atomic E-state index is 0.259. The van der Waals surface area contributed by atoms with Crippen molar-refractivity contribution in [1.82, 2.24) is 5.32 Å². The smallest absolute Gasteiger partial charge is 0.272 e. The highest BCUT2D eigenvalue weighted by molar-refractivity contribution is 6.20. The summed E-state index contributed by atoms with van der Waals surface area (Å²) in [4.78, 5) is 48.0. The largest absolute Gasteiger partial charge is 0.497 e. The number of amides is 3. The Morgan fingerprint density at radius 3 is 2.29 bits per heavy atom. The predicted octanol–water partition coefficient (Wildman–Crippen LogP) is 6.51. The van der Waals surface area contributed by atoms with E-state index in [9.17, 15) is 14.4 Å². The molecule has 1 unspecified atom stereocenters. The molecule has 8 nitrogen and oxygen atoms in total. The van der Waals surface area contributed by atoms with Crippen LogP contribution in [0.2, 0.25) is 0 Å². The molecule has 48 heavy (non-hydrogen) atoms. The number of fused-ring (bicyclic) bond motifs is 1. The van der Waals surface area contributed by atoms with E-state index in [0.29, 0.717) is 30.2 Å². The number of nitrogens with one attached hydrogen (secondary N) is 1. The maximum atomic E-state index is 14.6. The van der Waals surface area contributed by atoms with Crippen LogP contribution in [0.1, 0.15) is 55.7 Å². The number of rotatable bonds is 13. The van der Waals surface area contributed by atoms with Gasteiger partial charge in [-0.15, -0.1) is 0 Å². The molecule has 1 fully saturated rings. The molecule has 8 heteroatoms. The van der Waals surface area contributed by atoms with Crippen LogP contribution in [0.3, 0.4) is 0 Å². The fraction of sp³-hybridized carbons (Fsp3) is 0.300. The number of para-hydroxylation sites is 1. The Labute approximate surface area is 282 Å². The fourth-order valence-corrected chi connectivity index (χ4v) is 6.59. The van der Waals surface area contributed by atoms with Gasteiger partial charge in [-0.05, 0) is 59.7 Å². The molecular formula is C40H42N4O4. The zero-order valence-electron chi connectivity index (χ0n) is 27.5. The van der Waals surface area contributed by atoms with E-state index < -0.39 is 23.9 Å². The number of anilines is 1. The summed E-state index contributed by atoms with van der Waals surface area (Å²) >= 11 is 0. The van der Waals surface area contributed by atoms with Gasteiger partial charge in [-0.3, -0.25) is 14.4 Å². The van der Waals surface area contributed by atoms with E-state index in [4.69, 9.17) is 15.5 Å². The van der Waals surface area contributed by atoms with Gasteiger partial charge in [0.15, 0.2) is 0 Å². The van der Waals surface area contributed by atoms with Gasteiger partial charge in [0.2, 0.25) is 18.0 Å². The zero-order valence-corrected chi connectivity index (χ0v) is 27.5. The molecule has 0 bridgehead atoms. The second-order valence-corrected chi connectivity index (χ2v) is 12.7. The fourth-order valence-electron chi connectivity index (χ4n) is 6.59. The molecule has 6 rings (SSSR count). The molecule has 3 amide bonds. The first-order valence-corrected chi connectivity index (χ1v) is 16.7. The molecule has 1 saturated carbocycles. The molecule has 1 aliphatic heterocycles. The van der Waals surface area contributed by atoms with Gasteiger partial charge < -0.3 is 20.7 Å². The lowest BCUT2D eigenvalue weighted by molar-refractivity contribution is -0.135. The first kappa shape index (κ1) is 32.7. The normalized spacial score (nSPS) is 17.0. The Bertz CT molecular complexity index is 1800. The van der Waals surface area contributed by atoms with Crippen LogP contribution in [0.4, 0.5) is 5.69 Å². The number of benzene rings is 4. The molecule has 3 N–H and O–H groups in total. The van der Waals surface area contributed by atoms with Gasteiger partial charge in [0.05, 0.1) is 25.1 Å². The number of ether oxygens (including phenoxy) is 1. The standard InChI is InChI=1S/C40H42N4O4/c1-3-10-32(37(41)45)34(24-26-17-18-26)39(46)43-38-40(47)44(25-27-11-9-14-30(23-27)28-19-21-31(48-2)22-20-28)35-16-8-7-15-33(35)36(42-38)29-12-5-4-6-13-29/h4-9,11-16,19-23,26,32,34,38H,3,10,17-18,24-25H2,1-2H3,(H2,41,45)(H,43,46)/t32-,34+,38?/m0/s1. The molecule has 0 spiro atoms. The van der Waals surface area contributed by atoms with Crippen molar-refractivity contribution < 1.29 is 19.1 Å². The lowest BCUT2D eigenvalue weighted by Gasteiger charge is -2.28. The van der Waals surface area contributed by atoms with Gasteiger partial charge in [0, 0.05) is 23.0 Å². The third-order valence-electron chi connectivity index (χ3n) is 9.30. The molecule has 0 aromatic heterocycles. The molecule has 246 valence electrons. The Hall–Kier alpha value is -5.24. The maximum absolute atomic E-state index is 14.6.